The number of hydrogen-bond acceptors (Lipinski definition) is 5. The summed E-state index contributed by atoms with van der Waals surface area (Å²) in [6, 6.07) is 6.81. The minimum Gasteiger partial charge on any atom is -0.399 e. The number of carbonyl (C=O) groups is 1. The van der Waals surface area contributed by atoms with E-state index in [9.17, 15) is 4.79 Å². The van der Waals surface area contributed by atoms with Gasteiger partial charge in [0.25, 0.3) is 0 Å². The van der Waals surface area contributed by atoms with Crippen LogP contribution in [-0.4, -0.2) is 54.4 Å². The van der Waals surface area contributed by atoms with Crippen molar-refractivity contribution in [3.63, 3.8) is 0 Å². The summed E-state index contributed by atoms with van der Waals surface area (Å²) in [5.41, 5.74) is 6.99. The molecule has 1 heterocycles. The molecule has 0 saturated carbocycles. The standard InChI is InChI=1S/C14H21N3O3/c1-10(17-5-6-20-13(8-17)9-18)14(19)16-12-4-2-3-11(15)7-12/h2-4,7,10,13,18H,5-6,8-9,15H2,1H3,(H,16,19). The molecule has 6 nitrogen and oxygen atoms in total. The van der Waals surface area contributed by atoms with Crippen molar-refractivity contribution in [1.82, 2.24) is 4.90 Å². The Bertz CT molecular complexity index is 467. The topological polar surface area (TPSA) is 87.8 Å². The first-order valence-corrected chi connectivity index (χ1v) is 6.73. The van der Waals surface area contributed by atoms with Gasteiger partial charge in [-0.3, -0.25) is 9.69 Å². The van der Waals surface area contributed by atoms with Gasteiger partial charge < -0.3 is 20.9 Å². The molecular formula is C14H21N3O3. The smallest absolute Gasteiger partial charge is 0.241 e. The molecule has 0 bridgehead atoms. The van der Waals surface area contributed by atoms with Gasteiger partial charge in [0.2, 0.25) is 5.91 Å². The second-order valence-corrected chi connectivity index (χ2v) is 4.96. The maximum atomic E-state index is 12.2. The summed E-state index contributed by atoms with van der Waals surface area (Å²) in [4.78, 5) is 14.2. The molecule has 1 fully saturated rings. The lowest BCUT2D eigenvalue weighted by Gasteiger charge is -2.35. The number of aliphatic hydroxyl groups is 1. The number of morpholine rings is 1. The number of nitrogen functional groups attached to an aromatic ring is 1. The number of benzene rings is 1. The van der Waals surface area contributed by atoms with Gasteiger partial charge in [-0.25, -0.2) is 0 Å². The van der Waals surface area contributed by atoms with Crippen molar-refractivity contribution in [2.75, 3.05) is 37.4 Å². The predicted molar refractivity (Wildman–Crippen MR) is 77.3 cm³/mol. The molecule has 1 saturated heterocycles. The van der Waals surface area contributed by atoms with Crippen LogP contribution in [-0.2, 0) is 9.53 Å². The number of hydrogen-bond donors (Lipinski definition) is 3. The van der Waals surface area contributed by atoms with Crippen LogP contribution in [0, 0.1) is 0 Å². The quantitative estimate of drug-likeness (QED) is 0.689. The Morgan fingerprint density at radius 2 is 2.45 bits per heavy atom. The average Bonchev–Trinajstić information content (AvgIpc) is 2.46. The third-order valence-electron chi connectivity index (χ3n) is 3.46. The molecule has 20 heavy (non-hydrogen) atoms. The molecule has 1 aliphatic heterocycles. The molecule has 1 aromatic carbocycles. The van der Waals surface area contributed by atoms with E-state index in [-0.39, 0.29) is 24.7 Å². The zero-order valence-electron chi connectivity index (χ0n) is 11.6. The van der Waals surface area contributed by atoms with Crippen molar-refractivity contribution < 1.29 is 14.6 Å². The summed E-state index contributed by atoms with van der Waals surface area (Å²) in [7, 11) is 0. The number of aliphatic hydroxyl groups excluding tert-OH is 1. The van der Waals surface area contributed by atoms with Crippen LogP contribution in [0.3, 0.4) is 0 Å². The molecule has 0 aliphatic carbocycles. The Hall–Kier alpha value is -1.63. The van der Waals surface area contributed by atoms with E-state index in [2.05, 4.69) is 5.32 Å². The summed E-state index contributed by atoms with van der Waals surface area (Å²) >= 11 is 0. The highest BCUT2D eigenvalue weighted by atomic mass is 16.5. The van der Waals surface area contributed by atoms with E-state index in [0.717, 1.165) is 0 Å². The van der Waals surface area contributed by atoms with E-state index in [1.807, 2.05) is 11.8 Å². The fourth-order valence-electron chi connectivity index (χ4n) is 2.23. The van der Waals surface area contributed by atoms with Crippen LogP contribution in [0.25, 0.3) is 0 Å². The first-order valence-electron chi connectivity index (χ1n) is 6.73. The molecule has 1 amide bonds. The van der Waals surface area contributed by atoms with Gasteiger partial charge in [-0.2, -0.15) is 0 Å². The van der Waals surface area contributed by atoms with Crippen LogP contribution < -0.4 is 11.1 Å². The van der Waals surface area contributed by atoms with Gasteiger partial charge in [0, 0.05) is 24.5 Å². The predicted octanol–water partition coefficient (Wildman–Crippen LogP) is 0.289. The van der Waals surface area contributed by atoms with Gasteiger partial charge in [-0.1, -0.05) is 6.07 Å². The van der Waals surface area contributed by atoms with Crippen LogP contribution in [0.15, 0.2) is 24.3 Å². The third-order valence-corrected chi connectivity index (χ3v) is 3.46. The summed E-state index contributed by atoms with van der Waals surface area (Å²) in [5, 5.41) is 12.0. The molecule has 2 unspecified atom stereocenters. The number of carbonyl (C=O) groups excluding carboxylic acids is 1. The number of nitrogens with two attached hydrogens (primary N) is 1. The van der Waals surface area contributed by atoms with Crippen LogP contribution >= 0.6 is 0 Å². The van der Waals surface area contributed by atoms with Gasteiger partial charge in [0.15, 0.2) is 0 Å². The van der Waals surface area contributed by atoms with Crippen molar-refractivity contribution >= 4 is 17.3 Å². The largest absolute Gasteiger partial charge is 0.399 e. The SMILES string of the molecule is CC(C(=O)Nc1cccc(N)c1)N1CCOC(CO)C1. The molecule has 1 aromatic rings. The lowest BCUT2D eigenvalue weighted by Crippen LogP contribution is -2.51. The number of ether oxygens (including phenoxy) is 1. The Morgan fingerprint density at radius 3 is 3.15 bits per heavy atom. The number of anilines is 2. The van der Waals surface area contributed by atoms with Crippen molar-refractivity contribution in [2.45, 2.75) is 19.1 Å². The highest BCUT2D eigenvalue weighted by Crippen LogP contribution is 2.14. The lowest BCUT2D eigenvalue weighted by atomic mass is 10.2. The molecule has 0 radical (unpaired) electrons. The maximum Gasteiger partial charge on any atom is 0.241 e. The Labute approximate surface area is 118 Å². The van der Waals surface area contributed by atoms with Crippen LogP contribution in [0.4, 0.5) is 11.4 Å². The number of rotatable bonds is 4. The van der Waals surface area contributed by atoms with E-state index < -0.39 is 0 Å². The highest BCUT2D eigenvalue weighted by molar-refractivity contribution is 5.94. The molecule has 4 N–H and O–H groups in total. The number of amides is 1. The lowest BCUT2D eigenvalue weighted by molar-refractivity contribution is -0.125. The van der Waals surface area contributed by atoms with Gasteiger partial charge in [0.1, 0.15) is 0 Å². The van der Waals surface area contributed by atoms with Gasteiger partial charge in [-0.05, 0) is 25.1 Å². The first kappa shape index (κ1) is 14.8. The monoisotopic (exact) mass is 279 g/mol. The summed E-state index contributed by atoms with van der Waals surface area (Å²) in [5.74, 6) is -0.0887. The fraction of sp³-hybridized carbons (Fsp3) is 0.500. The summed E-state index contributed by atoms with van der Waals surface area (Å²) < 4.78 is 5.38. The molecule has 1 aliphatic rings. The van der Waals surface area contributed by atoms with Gasteiger partial charge in [-0.15, -0.1) is 0 Å². The molecule has 110 valence electrons. The molecule has 0 aromatic heterocycles. The van der Waals surface area contributed by atoms with E-state index in [0.29, 0.717) is 31.1 Å². The molecule has 0 spiro atoms. The van der Waals surface area contributed by atoms with E-state index >= 15 is 0 Å². The van der Waals surface area contributed by atoms with Crippen molar-refractivity contribution in [2.24, 2.45) is 0 Å². The second kappa shape index (κ2) is 6.69. The van der Waals surface area contributed by atoms with Crippen LogP contribution in [0.2, 0.25) is 0 Å². The van der Waals surface area contributed by atoms with Crippen LogP contribution in [0.5, 0.6) is 0 Å². The first-order chi connectivity index (χ1) is 9.60. The minimum atomic E-state index is -0.283. The Morgan fingerprint density at radius 1 is 1.65 bits per heavy atom. The third kappa shape index (κ3) is 3.69. The maximum absolute atomic E-state index is 12.2. The van der Waals surface area contributed by atoms with Gasteiger partial charge >= 0.3 is 0 Å². The summed E-state index contributed by atoms with van der Waals surface area (Å²) in [6.07, 6.45) is -0.216. The zero-order chi connectivity index (χ0) is 14.5. The molecule has 6 heteroatoms. The molecule has 2 rings (SSSR count). The highest BCUT2D eigenvalue weighted by Gasteiger charge is 2.27. The van der Waals surface area contributed by atoms with E-state index in [1.54, 1.807) is 24.3 Å². The second-order valence-electron chi connectivity index (χ2n) is 4.96. The van der Waals surface area contributed by atoms with Crippen molar-refractivity contribution in [1.29, 1.82) is 0 Å². The van der Waals surface area contributed by atoms with E-state index in [1.165, 1.54) is 0 Å². The molecule has 2 atom stereocenters. The van der Waals surface area contributed by atoms with Crippen LogP contribution in [0.1, 0.15) is 6.92 Å². The Kier molecular flexibility index (Phi) is 4.94. The number of nitrogens with zero attached hydrogens (tertiary/aromatic N) is 1. The minimum absolute atomic E-state index is 0.0277. The van der Waals surface area contributed by atoms with Gasteiger partial charge in [0.05, 0.1) is 25.4 Å². The number of nitrogens with one attached hydrogen (secondary N) is 1. The average molecular weight is 279 g/mol. The molecular weight excluding hydrogens is 258 g/mol. The van der Waals surface area contributed by atoms with Crippen molar-refractivity contribution in [3.8, 4) is 0 Å². The normalized spacial score (nSPS) is 21.4. The van der Waals surface area contributed by atoms with Crippen molar-refractivity contribution in [3.05, 3.63) is 24.3 Å². The fourth-order valence-corrected chi connectivity index (χ4v) is 2.23. The summed E-state index contributed by atoms with van der Waals surface area (Å²) in [6.45, 7) is 3.59. The Balaban J connectivity index is 1.94. The zero-order valence-corrected chi connectivity index (χ0v) is 11.6. The van der Waals surface area contributed by atoms with E-state index in [4.69, 9.17) is 15.6 Å².